The quantitative estimate of drug-likeness (QED) is 0.564. The number of thiol groups is 2. The predicted octanol–water partition coefficient (Wildman–Crippen LogP) is 1.38. The van der Waals surface area contributed by atoms with Crippen LogP contribution in [0, 0.1) is 5.92 Å². The minimum atomic E-state index is 0.0972. The van der Waals surface area contributed by atoms with Gasteiger partial charge in [0.1, 0.15) is 0 Å². The molecule has 0 fully saturated rings. The lowest BCUT2D eigenvalue weighted by Crippen LogP contribution is -2.31. The van der Waals surface area contributed by atoms with Gasteiger partial charge in [-0.05, 0) is 31.3 Å². The van der Waals surface area contributed by atoms with Gasteiger partial charge in [-0.3, -0.25) is 4.79 Å². The van der Waals surface area contributed by atoms with Gasteiger partial charge in [-0.15, -0.1) is 0 Å². The third-order valence-electron chi connectivity index (χ3n) is 1.68. The highest BCUT2D eigenvalue weighted by molar-refractivity contribution is 7.80. The maximum atomic E-state index is 11.3. The zero-order valence-electron chi connectivity index (χ0n) is 7.42. The lowest BCUT2D eigenvalue weighted by atomic mass is 10.0. The highest BCUT2D eigenvalue weighted by Crippen LogP contribution is 2.10. The molecule has 0 aromatic heterocycles. The fourth-order valence-corrected chi connectivity index (χ4v) is 1.66. The van der Waals surface area contributed by atoms with Gasteiger partial charge in [-0.25, -0.2) is 0 Å². The van der Waals surface area contributed by atoms with Crippen molar-refractivity contribution in [2.45, 2.75) is 19.8 Å². The maximum absolute atomic E-state index is 11.3. The van der Waals surface area contributed by atoms with E-state index in [9.17, 15) is 4.79 Å². The first kappa shape index (κ1) is 12.2. The van der Waals surface area contributed by atoms with Gasteiger partial charge in [0.2, 0.25) is 5.91 Å². The molecule has 0 atom stereocenters. The lowest BCUT2D eigenvalue weighted by Gasteiger charge is -2.13. The van der Waals surface area contributed by atoms with Crippen molar-refractivity contribution in [1.82, 2.24) is 5.32 Å². The van der Waals surface area contributed by atoms with Crippen molar-refractivity contribution in [1.29, 1.82) is 0 Å². The van der Waals surface area contributed by atoms with Gasteiger partial charge in [0.05, 0.1) is 0 Å². The number of nitrogens with one attached hydrogen (secondary N) is 1. The van der Waals surface area contributed by atoms with Gasteiger partial charge in [0, 0.05) is 12.5 Å². The van der Waals surface area contributed by atoms with Crippen molar-refractivity contribution in [3.05, 3.63) is 0 Å². The third-order valence-corrected chi connectivity index (χ3v) is 2.19. The van der Waals surface area contributed by atoms with E-state index in [1.165, 1.54) is 0 Å². The maximum Gasteiger partial charge on any atom is 0.223 e. The number of rotatable bonds is 6. The van der Waals surface area contributed by atoms with Crippen LogP contribution >= 0.6 is 25.3 Å². The lowest BCUT2D eigenvalue weighted by molar-refractivity contribution is -0.125. The Bertz CT molecular complexity index is 124. The Kier molecular flexibility index (Phi) is 7.91. The smallest absolute Gasteiger partial charge is 0.223 e. The topological polar surface area (TPSA) is 29.1 Å². The molecule has 4 heteroatoms. The van der Waals surface area contributed by atoms with E-state index in [2.05, 4.69) is 30.6 Å². The number of hydrogen-bond acceptors (Lipinski definition) is 3. The van der Waals surface area contributed by atoms with Crippen LogP contribution in [0.5, 0.6) is 0 Å². The number of amides is 1. The van der Waals surface area contributed by atoms with Crippen molar-refractivity contribution < 1.29 is 4.79 Å². The first-order valence-electron chi connectivity index (χ1n) is 4.25. The van der Waals surface area contributed by atoms with Crippen LogP contribution < -0.4 is 5.32 Å². The molecule has 2 nitrogen and oxygen atoms in total. The van der Waals surface area contributed by atoms with Crippen LogP contribution in [0.1, 0.15) is 19.8 Å². The highest BCUT2D eigenvalue weighted by Gasteiger charge is 2.15. The highest BCUT2D eigenvalue weighted by atomic mass is 32.1. The average molecular weight is 207 g/mol. The molecule has 12 heavy (non-hydrogen) atoms. The molecular formula is C8H17NOS2. The Hall–Kier alpha value is 0.170. The van der Waals surface area contributed by atoms with Crippen LogP contribution in [0.4, 0.5) is 0 Å². The van der Waals surface area contributed by atoms with E-state index >= 15 is 0 Å². The van der Waals surface area contributed by atoms with Gasteiger partial charge in [-0.1, -0.05) is 0 Å². The van der Waals surface area contributed by atoms with Crippen LogP contribution in [0.2, 0.25) is 0 Å². The summed E-state index contributed by atoms with van der Waals surface area (Å²) in [4.78, 5) is 11.3. The standard InChI is InChI=1S/C8H17NOS2/c1-2-9-8(10)7(3-5-11)4-6-12/h7,11-12H,2-6H2,1H3,(H,9,10). The van der Waals surface area contributed by atoms with Crippen LogP contribution in [-0.2, 0) is 4.79 Å². The zero-order valence-corrected chi connectivity index (χ0v) is 9.20. The minimum absolute atomic E-state index is 0.0972. The Balaban J connectivity index is 3.81. The predicted molar refractivity (Wildman–Crippen MR) is 59.1 cm³/mol. The largest absolute Gasteiger partial charge is 0.356 e. The molecule has 0 unspecified atom stereocenters. The molecular weight excluding hydrogens is 190 g/mol. The van der Waals surface area contributed by atoms with E-state index in [1.54, 1.807) is 0 Å². The summed E-state index contributed by atoms with van der Waals surface area (Å²) in [7, 11) is 0. The van der Waals surface area contributed by atoms with Gasteiger partial charge in [-0.2, -0.15) is 25.3 Å². The normalized spacial score (nSPS) is 10.3. The molecule has 0 aromatic rings. The second kappa shape index (κ2) is 7.80. The third kappa shape index (κ3) is 4.93. The Morgan fingerprint density at radius 2 is 1.83 bits per heavy atom. The van der Waals surface area contributed by atoms with Crippen LogP contribution in [0.15, 0.2) is 0 Å². The van der Waals surface area contributed by atoms with Crippen molar-refractivity contribution >= 4 is 31.2 Å². The molecule has 0 radical (unpaired) electrons. The first-order chi connectivity index (χ1) is 5.76. The molecule has 0 spiro atoms. The number of carbonyl (C=O) groups is 1. The molecule has 0 aliphatic rings. The second-order valence-corrected chi connectivity index (χ2v) is 3.51. The summed E-state index contributed by atoms with van der Waals surface area (Å²) in [6.45, 7) is 2.63. The second-order valence-electron chi connectivity index (χ2n) is 2.62. The van der Waals surface area contributed by atoms with Crippen LogP contribution in [0.3, 0.4) is 0 Å². The van der Waals surface area contributed by atoms with E-state index in [4.69, 9.17) is 0 Å². The fraction of sp³-hybridized carbons (Fsp3) is 0.875. The molecule has 1 N–H and O–H groups in total. The van der Waals surface area contributed by atoms with E-state index in [1.807, 2.05) is 6.92 Å². The summed E-state index contributed by atoms with van der Waals surface area (Å²) >= 11 is 8.22. The first-order valence-corrected chi connectivity index (χ1v) is 5.52. The average Bonchev–Trinajstić information content (AvgIpc) is 2.04. The summed E-state index contributed by atoms with van der Waals surface area (Å²) < 4.78 is 0. The number of hydrogen-bond donors (Lipinski definition) is 3. The van der Waals surface area contributed by atoms with Gasteiger partial charge in [0.15, 0.2) is 0 Å². The van der Waals surface area contributed by atoms with Crippen molar-refractivity contribution in [3.63, 3.8) is 0 Å². The summed E-state index contributed by atoms with van der Waals surface area (Å²) in [6.07, 6.45) is 1.69. The van der Waals surface area contributed by atoms with Crippen molar-refractivity contribution in [3.8, 4) is 0 Å². The molecule has 0 aliphatic heterocycles. The van der Waals surface area contributed by atoms with E-state index in [0.29, 0.717) is 6.54 Å². The molecule has 0 bridgehead atoms. The number of carbonyl (C=O) groups excluding carboxylic acids is 1. The fourth-order valence-electron chi connectivity index (χ4n) is 1.04. The van der Waals surface area contributed by atoms with Crippen LogP contribution in [-0.4, -0.2) is 24.0 Å². The van der Waals surface area contributed by atoms with Crippen LogP contribution in [0.25, 0.3) is 0 Å². The van der Waals surface area contributed by atoms with E-state index in [0.717, 1.165) is 24.3 Å². The molecule has 0 rings (SSSR count). The molecule has 0 aliphatic carbocycles. The summed E-state index contributed by atoms with van der Waals surface area (Å²) in [5, 5.41) is 2.81. The Labute approximate surface area is 85.3 Å². The molecule has 0 saturated carbocycles. The van der Waals surface area contributed by atoms with Gasteiger partial charge in [0.25, 0.3) is 0 Å². The molecule has 1 amide bonds. The SMILES string of the molecule is CCNC(=O)C(CCS)CCS. The minimum Gasteiger partial charge on any atom is -0.356 e. The molecule has 0 aromatic carbocycles. The van der Waals surface area contributed by atoms with Crippen molar-refractivity contribution in [2.75, 3.05) is 18.1 Å². The monoisotopic (exact) mass is 207 g/mol. The Morgan fingerprint density at radius 3 is 2.17 bits per heavy atom. The summed E-state index contributed by atoms with van der Waals surface area (Å²) in [6, 6.07) is 0. The molecule has 0 saturated heterocycles. The van der Waals surface area contributed by atoms with Gasteiger partial charge < -0.3 is 5.32 Å². The summed E-state index contributed by atoms with van der Waals surface area (Å²) in [5.74, 6) is 1.76. The van der Waals surface area contributed by atoms with Crippen molar-refractivity contribution in [2.24, 2.45) is 5.92 Å². The van der Waals surface area contributed by atoms with Gasteiger partial charge >= 0.3 is 0 Å². The molecule has 0 heterocycles. The Morgan fingerprint density at radius 1 is 1.33 bits per heavy atom. The summed E-state index contributed by atoms with van der Waals surface area (Å²) in [5.41, 5.74) is 0. The van der Waals surface area contributed by atoms with E-state index < -0.39 is 0 Å². The van der Waals surface area contributed by atoms with E-state index in [-0.39, 0.29) is 11.8 Å². The zero-order chi connectivity index (χ0) is 9.40. The molecule has 72 valence electrons.